The van der Waals surface area contributed by atoms with Crippen LogP contribution in [0.25, 0.3) is 0 Å². The Morgan fingerprint density at radius 1 is 0.471 bits per heavy atom. The summed E-state index contributed by atoms with van der Waals surface area (Å²) in [5.74, 6) is 0. The first kappa shape index (κ1) is 85.5. The van der Waals surface area contributed by atoms with Crippen LogP contribution in [0, 0.1) is 66.4 Å². The standard InChI is InChI=1S/2C5H5.C3H3.9CO.2Mn.Ta/c2*1-2-4-5-3-1;1-3-2;9*1-2;;;/h2*1-5H;1H,2H2;;;;;;;;;;;;/q3*-1;;;;;;;;;;;;. The van der Waals surface area contributed by atoms with Crippen molar-refractivity contribution in [2.45, 2.75) is 0 Å². The van der Waals surface area contributed by atoms with Crippen LogP contribution in [0.3, 0.4) is 0 Å². The molecule has 0 aliphatic rings. The van der Waals surface area contributed by atoms with Gasteiger partial charge in [0.1, 0.15) is 0 Å². The molecule has 0 aliphatic carbocycles. The first-order valence-electron chi connectivity index (χ1n) is 5.81. The molecule has 177 valence electrons. The van der Waals surface area contributed by atoms with Crippen molar-refractivity contribution in [2.24, 2.45) is 0 Å². The fraction of sp³-hybridized carbons (Fsp3) is 0. The van der Waals surface area contributed by atoms with Crippen molar-refractivity contribution in [3.63, 3.8) is 0 Å². The Bertz CT molecular complexity index is 496. The van der Waals surface area contributed by atoms with E-state index in [1.165, 1.54) is 0 Å². The van der Waals surface area contributed by atoms with Gasteiger partial charge in [-0.05, 0) is 0 Å². The molecule has 2 aromatic rings. The summed E-state index contributed by atoms with van der Waals surface area (Å²) >= 11 is 0. The molecule has 0 unspecified atom stereocenters. The number of hydrogen-bond acceptors (Lipinski definition) is 0. The minimum atomic E-state index is 0. The molecule has 0 aliphatic heterocycles. The number of hydrogen-bond donors (Lipinski definition) is 0. The summed E-state index contributed by atoms with van der Waals surface area (Å²) < 4.78 is 67.5. The fourth-order valence-corrected chi connectivity index (χ4v) is 0.642. The molecule has 2 aromatic carbocycles. The largest absolute Gasteiger partial charge is 0.342 e. The Hall–Kier alpha value is -2.34. The molecule has 0 heterocycles. The summed E-state index contributed by atoms with van der Waals surface area (Å²) in [5.41, 5.74) is 2.00. The van der Waals surface area contributed by atoms with Crippen LogP contribution in [-0.2, 0) is 98.4 Å². The van der Waals surface area contributed by atoms with Crippen LogP contribution in [0.4, 0.5) is 0 Å². The van der Waals surface area contributed by atoms with E-state index >= 15 is 0 Å². The van der Waals surface area contributed by atoms with E-state index in [0.717, 1.165) is 0 Å². The van der Waals surface area contributed by atoms with Gasteiger partial charge in [-0.2, -0.15) is 36.4 Å². The number of rotatable bonds is 0. The molecule has 34 heavy (non-hydrogen) atoms. The summed E-state index contributed by atoms with van der Waals surface area (Å²) in [6.07, 6.45) is 0. The van der Waals surface area contributed by atoms with E-state index in [1.54, 1.807) is 0 Å². The molecular weight excluding hydrogens is 699 g/mol. The van der Waals surface area contributed by atoms with E-state index < -0.39 is 0 Å². The Kier molecular flexibility index (Phi) is 904. The van der Waals surface area contributed by atoms with E-state index in [2.05, 4.69) is 73.0 Å². The molecule has 0 N–H and O–H groups in total. The molecule has 0 saturated heterocycles. The molecule has 2 rings (SSSR count). The van der Waals surface area contributed by atoms with Gasteiger partial charge in [0.2, 0.25) is 0 Å². The average molecular weight is 712 g/mol. The molecule has 9 nitrogen and oxygen atoms in total. The predicted octanol–water partition coefficient (Wildman–Crippen LogP) is 3.23. The zero-order valence-corrected chi connectivity index (χ0v) is 22.5. The normalized spacial score (nSPS) is 3.12. The predicted molar refractivity (Wildman–Crippen MR) is 92.9 cm³/mol. The SMILES string of the molecule is [C-]#[O+].[C-]#[O+].[C-]#[O+].[C-]#[O+].[C-]#[O+].[C-]#[O+].[C-]#[O+].[C-]#[O+].[C-]#[O+].[CH-]=C=C.[Mn].[Mn].[Ta].c1cc[cH-]c1.c1cc[cH-]c1. The van der Waals surface area contributed by atoms with E-state index in [-0.39, 0.29) is 56.5 Å². The molecular formula is C22H13Mn2O9Ta-3. The Morgan fingerprint density at radius 3 is 0.588 bits per heavy atom. The third kappa shape index (κ3) is 415. The summed E-state index contributed by atoms with van der Waals surface area (Å²) in [6.45, 7) is 48.0. The van der Waals surface area contributed by atoms with Crippen LogP contribution in [0.2, 0.25) is 0 Å². The monoisotopic (exact) mass is 712 g/mol. The van der Waals surface area contributed by atoms with Crippen molar-refractivity contribution in [1.82, 2.24) is 0 Å². The van der Waals surface area contributed by atoms with E-state index in [0.29, 0.717) is 0 Å². The molecule has 0 fully saturated rings. The first-order chi connectivity index (χ1) is 15.4. The average Bonchev–Trinajstić information content (AvgIpc) is 3.70. The minimum absolute atomic E-state index is 0. The molecule has 0 aromatic heterocycles. The van der Waals surface area contributed by atoms with Crippen LogP contribution < -0.4 is 0 Å². The third-order valence-electron chi connectivity index (χ3n) is 1.11. The van der Waals surface area contributed by atoms with Gasteiger partial charge in [-0.25, -0.2) is 37.4 Å². The molecule has 0 amide bonds. The van der Waals surface area contributed by atoms with Gasteiger partial charge in [-0.15, -0.1) is 0 Å². The van der Waals surface area contributed by atoms with Gasteiger partial charge in [0.25, 0.3) is 0 Å². The third-order valence-corrected chi connectivity index (χ3v) is 1.11. The second-order valence-electron chi connectivity index (χ2n) is 2.13. The smallest absolute Gasteiger partial charge is 0 e. The first-order valence-corrected chi connectivity index (χ1v) is 5.81. The van der Waals surface area contributed by atoms with E-state index in [1.807, 2.05) is 66.4 Å². The van der Waals surface area contributed by atoms with Gasteiger partial charge >= 0.3 is 102 Å². The van der Waals surface area contributed by atoms with Crippen LogP contribution in [0.15, 0.2) is 73.0 Å². The van der Waals surface area contributed by atoms with Crippen LogP contribution in [0.5, 0.6) is 0 Å². The maximum atomic E-state index is 7.50. The van der Waals surface area contributed by atoms with E-state index in [9.17, 15) is 0 Å². The minimum Gasteiger partial charge on any atom is -0.342 e. The van der Waals surface area contributed by atoms with Crippen molar-refractivity contribution < 1.29 is 98.4 Å². The molecule has 0 spiro atoms. The zero-order chi connectivity index (χ0) is 27.8. The molecule has 0 atom stereocenters. The molecule has 0 saturated carbocycles. The fourth-order valence-electron chi connectivity index (χ4n) is 0.642. The second kappa shape index (κ2) is 360. The van der Waals surface area contributed by atoms with Crippen LogP contribution >= 0.6 is 0 Å². The second-order valence-corrected chi connectivity index (χ2v) is 2.13. The van der Waals surface area contributed by atoms with Gasteiger partial charge < -0.3 is 5.73 Å². The maximum absolute atomic E-state index is 7.50. The summed E-state index contributed by atoms with van der Waals surface area (Å²) in [7, 11) is 0. The van der Waals surface area contributed by atoms with Crippen molar-refractivity contribution in [3.8, 4) is 0 Å². The molecule has 0 bridgehead atoms. The maximum Gasteiger partial charge on any atom is 0 e. The zero-order valence-electron chi connectivity index (χ0n) is 16.9. The van der Waals surface area contributed by atoms with Gasteiger partial charge in [0.05, 0.1) is 0 Å². The van der Waals surface area contributed by atoms with Crippen molar-refractivity contribution in [1.29, 1.82) is 0 Å². The van der Waals surface area contributed by atoms with Gasteiger partial charge in [-0.3, -0.25) is 0 Å². The van der Waals surface area contributed by atoms with Crippen LogP contribution in [-0.4, -0.2) is 0 Å². The summed E-state index contributed by atoms with van der Waals surface area (Å²) in [4.78, 5) is 0. The summed E-state index contributed by atoms with van der Waals surface area (Å²) in [5, 5.41) is 0. The van der Waals surface area contributed by atoms with Crippen molar-refractivity contribution in [2.75, 3.05) is 0 Å². The molecule has 3 radical (unpaired) electrons. The Balaban J connectivity index is -0.0000000132. The Labute approximate surface area is 236 Å². The van der Waals surface area contributed by atoms with Gasteiger partial charge in [0, 0.05) is 56.5 Å². The quantitative estimate of drug-likeness (QED) is 0.169. The van der Waals surface area contributed by atoms with Gasteiger partial charge in [0.15, 0.2) is 0 Å². The van der Waals surface area contributed by atoms with E-state index in [4.69, 9.17) is 41.9 Å². The van der Waals surface area contributed by atoms with Crippen molar-refractivity contribution in [3.05, 3.63) is 139 Å². The van der Waals surface area contributed by atoms with Crippen molar-refractivity contribution >= 4 is 0 Å². The van der Waals surface area contributed by atoms with Crippen LogP contribution in [0.1, 0.15) is 0 Å². The summed E-state index contributed by atoms with van der Waals surface area (Å²) in [6, 6.07) is 20.0. The Morgan fingerprint density at radius 2 is 0.559 bits per heavy atom. The molecule has 12 heteroatoms. The van der Waals surface area contributed by atoms with Gasteiger partial charge in [-0.1, -0.05) is 0 Å². The topological polar surface area (TPSA) is 179 Å².